The second-order valence-electron chi connectivity index (χ2n) is 8.78. The van der Waals surface area contributed by atoms with Gasteiger partial charge in [0.05, 0.1) is 16.3 Å². The van der Waals surface area contributed by atoms with Crippen molar-refractivity contribution in [1.82, 2.24) is 9.36 Å². The van der Waals surface area contributed by atoms with Gasteiger partial charge in [0.15, 0.2) is 0 Å². The molecule has 3 aromatic carbocycles. The van der Waals surface area contributed by atoms with Gasteiger partial charge >= 0.3 is 0 Å². The van der Waals surface area contributed by atoms with Crippen LogP contribution in [0.4, 0.5) is 11.4 Å². The molecule has 0 bridgehead atoms. The molecule has 1 aromatic heterocycles. The molecule has 0 radical (unpaired) electrons. The highest BCUT2D eigenvalue weighted by atomic mass is 32.2. The first-order valence-corrected chi connectivity index (χ1v) is 12.8. The van der Waals surface area contributed by atoms with Gasteiger partial charge in [0.1, 0.15) is 5.69 Å². The molecule has 0 saturated heterocycles. The zero-order chi connectivity index (χ0) is 26.2. The number of hydrogen-bond donors (Lipinski definition) is 2. The van der Waals surface area contributed by atoms with Crippen LogP contribution in [0.1, 0.15) is 32.7 Å². The molecular formula is C27H28N4O4S. The van der Waals surface area contributed by atoms with Crippen LogP contribution in [-0.4, -0.2) is 23.7 Å². The fraction of sp³-hybridized carbons (Fsp3) is 0.185. The molecule has 1 heterocycles. The van der Waals surface area contributed by atoms with E-state index in [4.69, 9.17) is 0 Å². The number of benzene rings is 3. The second kappa shape index (κ2) is 9.50. The lowest BCUT2D eigenvalue weighted by Crippen LogP contribution is -2.23. The quantitative estimate of drug-likeness (QED) is 0.405. The van der Waals surface area contributed by atoms with E-state index in [0.29, 0.717) is 22.6 Å². The van der Waals surface area contributed by atoms with Crippen LogP contribution in [0.5, 0.6) is 0 Å². The van der Waals surface area contributed by atoms with Crippen molar-refractivity contribution in [2.75, 3.05) is 10.0 Å². The number of carbonyl (C=O) groups excluding carboxylic acids is 1. The number of para-hydroxylation sites is 1. The van der Waals surface area contributed by atoms with Crippen molar-refractivity contribution < 1.29 is 13.2 Å². The number of sulfonamides is 1. The lowest BCUT2D eigenvalue weighted by molar-refractivity contribution is 0.102. The molecule has 0 aliphatic heterocycles. The molecular weight excluding hydrogens is 476 g/mol. The Morgan fingerprint density at radius 2 is 1.50 bits per heavy atom. The largest absolute Gasteiger partial charge is 0.316 e. The number of hydrogen-bond acceptors (Lipinski definition) is 4. The molecule has 0 atom stereocenters. The van der Waals surface area contributed by atoms with Crippen molar-refractivity contribution in [3.05, 3.63) is 105 Å². The molecule has 8 nitrogen and oxygen atoms in total. The molecule has 4 aromatic rings. The molecule has 4 rings (SSSR count). The zero-order valence-corrected chi connectivity index (χ0v) is 21.6. The summed E-state index contributed by atoms with van der Waals surface area (Å²) in [5.74, 6) is -0.580. The SMILES string of the molecule is Cc1ccc(NS(=O)(=O)c2cc(C(=O)Nc3c(C)n(C)n(-c4ccccc4)c3=O)ccc2C)cc1C. The molecule has 9 heteroatoms. The predicted octanol–water partition coefficient (Wildman–Crippen LogP) is 4.46. The highest BCUT2D eigenvalue weighted by Gasteiger charge is 2.22. The fourth-order valence-electron chi connectivity index (χ4n) is 3.94. The molecule has 0 aliphatic rings. The average Bonchev–Trinajstić information content (AvgIpc) is 3.05. The Morgan fingerprint density at radius 1 is 0.833 bits per heavy atom. The summed E-state index contributed by atoms with van der Waals surface area (Å²) in [6.07, 6.45) is 0. The number of aromatic nitrogens is 2. The topological polar surface area (TPSA) is 102 Å². The van der Waals surface area contributed by atoms with Gasteiger partial charge < -0.3 is 5.32 Å². The Kier molecular flexibility index (Phi) is 6.60. The minimum atomic E-state index is -3.96. The van der Waals surface area contributed by atoms with Crippen molar-refractivity contribution in [3.8, 4) is 5.69 Å². The van der Waals surface area contributed by atoms with Crippen LogP contribution < -0.4 is 15.6 Å². The maximum absolute atomic E-state index is 13.2. The van der Waals surface area contributed by atoms with Crippen molar-refractivity contribution in [1.29, 1.82) is 0 Å². The lowest BCUT2D eigenvalue weighted by atomic mass is 10.1. The molecule has 0 spiro atoms. The lowest BCUT2D eigenvalue weighted by Gasteiger charge is -2.13. The standard InChI is InChI=1S/C27H28N4O4S/c1-17-12-14-22(15-19(17)3)29-36(34,35)24-16-21(13-11-18(24)2)26(32)28-25-20(4)30(5)31(27(25)33)23-9-7-6-8-10-23/h6-16,29H,1-5H3,(H,28,32). The number of anilines is 2. The van der Waals surface area contributed by atoms with Gasteiger partial charge in [-0.3, -0.25) is 19.0 Å². The van der Waals surface area contributed by atoms with E-state index in [2.05, 4.69) is 10.0 Å². The van der Waals surface area contributed by atoms with Gasteiger partial charge in [-0.2, -0.15) is 0 Å². The first-order chi connectivity index (χ1) is 17.0. The molecule has 2 N–H and O–H groups in total. The third kappa shape index (κ3) is 4.70. The van der Waals surface area contributed by atoms with Gasteiger partial charge in [-0.15, -0.1) is 0 Å². The summed E-state index contributed by atoms with van der Waals surface area (Å²) in [6, 6.07) is 18.8. The maximum Gasteiger partial charge on any atom is 0.295 e. The van der Waals surface area contributed by atoms with E-state index in [0.717, 1.165) is 11.1 Å². The van der Waals surface area contributed by atoms with E-state index in [-0.39, 0.29) is 21.7 Å². The number of carbonyl (C=O) groups is 1. The second-order valence-corrected chi connectivity index (χ2v) is 10.4. The summed E-state index contributed by atoms with van der Waals surface area (Å²) in [6.45, 7) is 7.25. The summed E-state index contributed by atoms with van der Waals surface area (Å²) in [4.78, 5) is 26.2. The van der Waals surface area contributed by atoms with Crippen molar-refractivity contribution in [2.45, 2.75) is 32.6 Å². The maximum atomic E-state index is 13.2. The first kappa shape index (κ1) is 25.0. The number of aryl methyl sites for hydroxylation is 3. The highest BCUT2D eigenvalue weighted by Crippen LogP contribution is 2.23. The van der Waals surface area contributed by atoms with Crippen LogP contribution in [0.3, 0.4) is 0 Å². The zero-order valence-electron chi connectivity index (χ0n) is 20.8. The van der Waals surface area contributed by atoms with Crippen molar-refractivity contribution in [3.63, 3.8) is 0 Å². The molecule has 186 valence electrons. The Balaban J connectivity index is 1.65. The summed E-state index contributed by atoms with van der Waals surface area (Å²) >= 11 is 0. The van der Waals surface area contributed by atoms with E-state index in [1.54, 1.807) is 55.9 Å². The molecule has 0 aliphatic carbocycles. The molecule has 36 heavy (non-hydrogen) atoms. The van der Waals surface area contributed by atoms with Crippen molar-refractivity contribution in [2.24, 2.45) is 7.05 Å². The summed E-state index contributed by atoms with van der Waals surface area (Å²) in [7, 11) is -2.23. The van der Waals surface area contributed by atoms with Gasteiger partial charge in [-0.05, 0) is 80.8 Å². The van der Waals surface area contributed by atoms with Crippen LogP contribution in [0.2, 0.25) is 0 Å². The third-order valence-electron chi connectivity index (χ3n) is 6.29. The van der Waals surface area contributed by atoms with Gasteiger partial charge in [-0.1, -0.05) is 30.3 Å². The van der Waals surface area contributed by atoms with E-state index < -0.39 is 15.9 Å². The molecule has 0 saturated carbocycles. The van der Waals surface area contributed by atoms with Crippen LogP contribution in [0.25, 0.3) is 5.69 Å². The van der Waals surface area contributed by atoms with Crippen LogP contribution >= 0.6 is 0 Å². The van der Waals surface area contributed by atoms with Gasteiger partial charge in [0.2, 0.25) is 0 Å². The van der Waals surface area contributed by atoms with Gasteiger partial charge in [0, 0.05) is 18.3 Å². The minimum absolute atomic E-state index is 0.0140. The molecule has 0 unspecified atom stereocenters. The normalized spacial score (nSPS) is 11.4. The predicted molar refractivity (Wildman–Crippen MR) is 142 cm³/mol. The van der Waals surface area contributed by atoms with Crippen LogP contribution in [-0.2, 0) is 17.1 Å². The third-order valence-corrected chi connectivity index (χ3v) is 7.82. The smallest absolute Gasteiger partial charge is 0.295 e. The number of nitrogens with one attached hydrogen (secondary N) is 2. The Hall–Kier alpha value is -4.11. The first-order valence-electron chi connectivity index (χ1n) is 11.4. The van der Waals surface area contributed by atoms with Gasteiger partial charge in [0.25, 0.3) is 21.5 Å². The molecule has 1 amide bonds. The van der Waals surface area contributed by atoms with Gasteiger partial charge in [-0.25, -0.2) is 13.1 Å². The molecule has 0 fully saturated rings. The minimum Gasteiger partial charge on any atom is -0.316 e. The average molecular weight is 505 g/mol. The highest BCUT2D eigenvalue weighted by molar-refractivity contribution is 7.92. The Morgan fingerprint density at radius 3 is 2.17 bits per heavy atom. The summed E-state index contributed by atoms with van der Waals surface area (Å²) in [5, 5.41) is 2.68. The summed E-state index contributed by atoms with van der Waals surface area (Å²) < 4.78 is 32.0. The number of rotatable bonds is 6. The summed E-state index contributed by atoms with van der Waals surface area (Å²) in [5.41, 5.74) is 4.03. The Bertz CT molecular complexity index is 1630. The fourth-order valence-corrected chi connectivity index (χ4v) is 5.27. The van der Waals surface area contributed by atoms with E-state index >= 15 is 0 Å². The Labute approximate surface area is 210 Å². The van der Waals surface area contributed by atoms with E-state index in [9.17, 15) is 18.0 Å². The number of amides is 1. The number of nitrogens with zero attached hydrogens (tertiary/aromatic N) is 2. The van der Waals surface area contributed by atoms with E-state index in [1.807, 2.05) is 38.1 Å². The van der Waals surface area contributed by atoms with Crippen LogP contribution in [0.15, 0.2) is 76.4 Å². The van der Waals surface area contributed by atoms with Crippen LogP contribution in [0, 0.1) is 27.7 Å². The van der Waals surface area contributed by atoms with Crippen molar-refractivity contribution >= 4 is 27.3 Å². The monoisotopic (exact) mass is 504 g/mol. The van der Waals surface area contributed by atoms with E-state index in [1.165, 1.54) is 16.8 Å².